The van der Waals surface area contributed by atoms with E-state index in [1.807, 2.05) is 9.80 Å². The number of rotatable bonds is 3. The summed E-state index contributed by atoms with van der Waals surface area (Å²) in [7, 11) is 3.63. The smallest absolute Gasteiger partial charge is 0.320 e. The topological polar surface area (TPSA) is 71.0 Å². The number of methoxy groups -OCH3 is 1. The second kappa shape index (κ2) is 7.65. The zero-order chi connectivity index (χ0) is 16.9. The van der Waals surface area contributed by atoms with Crippen LogP contribution < -0.4 is 9.47 Å². The van der Waals surface area contributed by atoms with Crippen molar-refractivity contribution in [1.82, 2.24) is 24.7 Å². The SMILES string of the molecule is COc1nccnc1OC1CCCN(C(=O)N2CCN(C)CC2)C1. The molecular weight excluding hydrogens is 310 g/mol. The minimum absolute atomic E-state index is 0.0826. The summed E-state index contributed by atoms with van der Waals surface area (Å²) in [6, 6.07) is 0.113. The number of amides is 2. The molecule has 1 aromatic rings. The number of piperazine rings is 1. The number of hydrogen-bond acceptors (Lipinski definition) is 6. The first-order valence-electron chi connectivity index (χ1n) is 8.41. The van der Waals surface area contributed by atoms with Gasteiger partial charge in [0.15, 0.2) is 0 Å². The number of urea groups is 1. The van der Waals surface area contributed by atoms with Gasteiger partial charge in [-0.2, -0.15) is 0 Å². The maximum Gasteiger partial charge on any atom is 0.320 e. The van der Waals surface area contributed by atoms with Crippen molar-refractivity contribution >= 4 is 6.03 Å². The molecule has 3 rings (SSSR count). The maximum atomic E-state index is 12.7. The molecule has 1 unspecified atom stereocenters. The van der Waals surface area contributed by atoms with Crippen LogP contribution in [0.5, 0.6) is 11.8 Å². The molecule has 1 atom stereocenters. The second-order valence-corrected chi connectivity index (χ2v) is 6.27. The van der Waals surface area contributed by atoms with E-state index in [9.17, 15) is 4.79 Å². The summed E-state index contributed by atoms with van der Waals surface area (Å²) in [5.41, 5.74) is 0. The number of likely N-dealkylation sites (tertiary alicyclic amines) is 1. The van der Waals surface area contributed by atoms with E-state index in [0.29, 0.717) is 18.3 Å². The molecule has 1 aromatic heterocycles. The molecule has 2 aliphatic heterocycles. The van der Waals surface area contributed by atoms with Crippen LogP contribution in [0.15, 0.2) is 12.4 Å². The van der Waals surface area contributed by atoms with Gasteiger partial charge in [0, 0.05) is 45.1 Å². The van der Waals surface area contributed by atoms with E-state index in [-0.39, 0.29) is 12.1 Å². The van der Waals surface area contributed by atoms with Crippen LogP contribution in [0, 0.1) is 0 Å². The molecule has 0 N–H and O–H groups in total. The number of carbonyl (C=O) groups is 1. The van der Waals surface area contributed by atoms with E-state index in [2.05, 4.69) is 21.9 Å². The van der Waals surface area contributed by atoms with Gasteiger partial charge in [0.1, 0.15) is 6.10 Å². The number of carbonyl (C=O) groups excluding carboxylic acids is 1. The van der Waals surface area contributed by atoms with Crippen molar-refractivity contribution in [3.8, 4) is 11.8 Å². The molecule has 3 heterocycles. The Balaban J connectivity index is 1.59. The van der Waals surface area contributed by atoms with Crippen molar-refractivity contribution in [2.75, 3.05) is 53.4 Å². The molecule has 2 fully saturated rings. The van der Waals surface area contributed by atoms with E-state index >= 15 is 0 Å². The minimum Gasteiger partial charge on any atom is -0.477 e. The van der Waals surface area contributed by atoms with Gasteiger partial charge in [-0.05, 0) is 19.9 Å². The molecule has 0 aliphatic carbocycles. The number of likely N-dealkylation sites (N-methyl/N-ethyl adjacent to an activating group) is 1. The van der Waals surface area contributed by atoms with Gasteiger partial charge in [0.2, 0.25) is 0 Å². The van der Waals surface area contributed by atoms with E-state index in [0.717, 1.165) is 45.6 Å². The lowest BCUT2D eigenvalue weighted by atomic mass is 10.1. The molecule has 0 bridgehead atoms. The maximum absolute atomic E-state index is 12.7. The van der Waals surface area contributed by atoms with E-state index < -0.39 is 0 Å². The normalized spacial score (nSPS) is 22.3. The largest absolute Gasteiger partial charge is 0.477 e. The van der Waals surface area contributed by atoms with Crippen LogP contribution in [0.1, 0.15) is 12.8 Å². The monoisotopic (exact) mass is 335 g/mol. The van der Waals surface area contributed by atoms with Crippen molar-refractivity contribution in [1.29, 1.82) is 0 Å². The van der Waals surface area contributed by atoms with Crippen molar-refractivity contribution in [3.63, 3.8) is 0 Å². The first-order chi connectivity index (χ1) is 11.7. The third-order valence-electron chi connectivity index (χ3n) is 4.53. The summed E-state index contributed by atoms with van der Waals surface area (Å²) in [5, 5.41) is 0. The summed E-state index contributed by atoms with van der Waals surface area (Å²) in [6.07, 6.45) is 4.88. The zero-order valence-corrected chi connectivity index (χ0v) is 14.3. The molecule has 0 saturated carbocycles. The van der Waals surface area contributed by atoms with Crippen LogP contribution in [0.25, 0.3) is 0 Å². The molecule has 24 heavy (non-hydrogen) atoms. The first kappa shape index (κ1) is 16.8. The van der Waals surface area contributed by atoms with Crippen LogP contribution >= 0.6 is 0 Å². The van der Waals surface area contributed by atoms with Gasteiger partial charge >= 0.3 is 6.03 Å². The lowest BCUT2D eigenvalue weighted by molar-refractivity contribution is 0.0712. The lowest BCUT2D eigenvalue weighted by Gasteiger charge is -2.39. The number of nitrogens with zero attached hydrogens (tertiary/aromatic N) is 5. The van der Waals surface area contributed by atoms with Gasteiger partial charge in [-0.15, -0.1) is 0 Å². The summed E-state index contributed by atoms with van der Waals surface area (Å²) in [6.45, 7) is 4.78. The highest BCUT2D eigenvalue weighted by molar-refractivity contribution is 5.74. The Labute approximate surface area is 142 Å². The third kappa shape index (κ3) is 3.87. The Kier molecular flexibility index (Phi) is 5.34. The summed E-state index contributed by atoms with van der Waals surface area (Å²) < 4.78 is 11.1. The average Bonchev–Trinajstić information content (AvgIpc) is 2.62. The molecule has 0 spiro atoms. The average molecular weight is 335 g/mol. The fourth-order valence-electron chi connectivity index (χ4n) is 3.10. The van der Waals surface area contributed by atoms with E-state index in [1.54, 1.807) is 19.5 Å². The van der Waals surface area contributed by atoms with E-state index in [4.69, 9.17) is 9.47 Å². The predicted molar refractivity (Wildman–Crippen MR) is 88.3 cm³/mol. The molecule has 132 valence electrons. The highest BCUT2D eigenvalue weighted by Gasteiger charge is 2.30. The molecule has 8 heteroatoms. The van der Waals surface area contributed by atoms with Gasteiger partial charge in [-0.3, -0.25) is 0 Å². The van der Waals surface area contributed by atoms with Crippen LogP contribution in [0.2, 0.25) is 0 Å². The molecule has 0 radical (unpaired) electrons. The number of aromatic nitrogens is 2. The molecule has 2 aliphatic rings. The molecule has 0 aromatic carbocycles. The van der Waals surface area contributed by atoms with Crippen molar-refractivity contribution in [2.24, 2.45) is 0 Å². The van der Waals surface area contributed by atoms with Gasteiger partial charge in [0.05, 0.1) is 13.7 Å². The van der Waals surface area contributed by atoms with Crippen molar-refractivity contribution in [3.05, 3.63) is 12.4 Å². The number of piperidine rings is 1. The van der Waals surface area contributed by atoms with Crippen LogP contribution in [-0.2, 0) is 0 Å². The first-order valence-corrected chi connectivity index (χ1v) is 8.41. The number of hydrogen-bond donors (Lipinski definition) is 0. The molecule has 2 saturated heterocycles. The molecule has 2 amide bonds. The molecule has 8 nitrogen and oxygen atoms in total. The summed E-state index contributed by atoms with van der Waals surface area (Å²) >= 11 is 0. The van der Waals surface area contributed by atoms with Crippen molar-refractivity contribution < 1.29 is 14.3 Å². The van der Waals surface area contributed by atoms with E-state index in [1.165, 1.54) is 0 Å². The summed E-state index contributed by atoms with van der Waals surface area (Å²) in [4.78, 5) is 27.1. The van der Waals surface area contributed by atoms with Crippen molar-refractivity contribution in [2.45, 2.75) is 18.9 Å². The lowest BCUT2D eigenvalue weighted by Crippen LogP contribution is -2.54. The summed E-state index contributed by atoms with van der Waals surface area (Å²) in [5.74, 6) is 0.763. The quantitative estimate of drug-likeness (QED) is 0.810. The van der Waals surface area contributed by atoms with Gasteiger partial charge in [-0.1, -0.05) is 0 Å². The number of ether oxygens (including phenoxy) is 2. The van der Waals surface area contributed by atoms with Gasteiger partial charge in [-0.25, -0.2) is 14.8 Å². The Morgan fingerprint density at radius 3 is 2.50 bits per heavy atom. The van der Waals surface area contributed by atoms with Gasteiger partial charge in [0.25, 0.3) is 11.8 Å². The fraction of sp³-hybridized carbons (Fsp3) is 0.688. The van der Waals surface area contributed by atoms with Crippen LogP contribution in [0.3, 0.4) is 0 Å². The van der Waals surface area contributed by atoms with Crippen LogP contribution in [-0.4, -0.2) is 90.2 Å². The second-order valence-electron chi connectivity index (χ2n) is 6.27. The predicted octanol–water partition coefficient (Wildman–Crippen LogP) is 0.696. The highest BCUT2D eigenvalue weighted by atomic mass is 16.5. The minimum atomic E-state index is -0.0826. The Hall–Kier alpha value is -2.09. The Morgan fingerprint density at radius 1 is 1.08 bits per heavy atom. The fourth-order valence-corrected chi connectivity index (χ4v) is 3.10. The Morgan fingerprint density at radius 2 is 1.79 bits per heavy atom. The molecular formula is C16H25N5O3. The third-order valence-corrected chi connectivity index (χ3v) is 4.53. The standard InChI is InChI=1S/C16H25N5O3/c1-19-8-10-20(11-9-19)16(22)21-7-3-4-13(12-21)24-15-14(23-2)17-5-6-18-15/h5-6,13H,3-4,7-12H2,1-2H3. The van der Waals surface area contributed by atoms with Crippen LogP contribution in [0.4, 0.5) is 4.79 Å². The van der Waals surface area contributed by atoms with Gasteiger partial charge < -0.3 is 24.2 Å². The Bertz CT molecular complexity index is 562. The highest BCUT2D eigenvalue weighted by Crippen LogP contribution is 2.24. The zero-order valence-electron chi connectivity index (χ0n) is 14.3.